The molecule has 1 aromatic heterocycles. The largest absolute Gasteiger partial charge is 0.290 e. The number of aryl methyl sites for hydroxylation is 1. The van der Waals surface area contributed by atoms with Crippen LogP contribution in [0.3, 0.4) is 0 Å². The van der Waals surface area contributed by atoms with E-state index in [1.165, 1.54) is 4.68 Å². The number of nitrogens with zero attached hydrogens (tertiary/aromatic N) is 2. The number of fused-ring (bicyclic) bond motifs is 1. The van der Waals surface area contributed by atoms with Crippen molar-refractivity contribution in [3.8, 4) is 0 Å². The van der Waals surface area contributed by atoms with Gasteiger partial charge in [0.2, 0.25) is 0 Å². The van der Waals surface area contributed by atoms with Gasteiger partial charge in [-0.15, -0.1) is 0 Å². The van der Waals surface area contributed by atoms with Crippen LogP contribution in [0.2, 0.25) is 0 Å². The summed E-state index contributed by atoms with van der Waals surface area (Å²) in [6, 6.07) is 8.76. The van der Waals surface area contributed by atoms with Crippen molar-refractivity contribution in [2.45, 2.75) is 19.9 Å². The van der Waals surface area contributed by atoms with Gasteiger partial charge in [-0.25, -0.2) is 13.5 Å². The standard InChI is InChI=1S/C19H16F2N4O3/c1-2-7-25-19(28)15-6-4-3-5-14(15)16(24-25)18(27)23-22-17(26)11-8-12(20)10-13(21)9-11/h3-6,8-10H,2,7H2,1H3,(H,22,26)(H,23,27). The molecule has 28 heavy (non-hydrogen) atoms. The number of hydrogen-bond acceptors (Lipinski definition) is 4. The minimum Gasteiger partial charge on any atom is -0.267 e. The van der Waals surface area contributed by atoms with Crippen molar-refractivity contribution in [3.05, 3.63) is 75.7 Å². The first kappa shape index (κ1) is 19.2. The molecule has 0 aliphatic rings. The van der Waals surface area contributed by atoms with Gasteiger partial charge >= 0.3 is 0 Å². The summed E-state index contributed by atoms with van der Waals surface area (Å²) < 4.78 is 27.6. The maximum Gasteiger partial charge on any atom is 0.290 e. The second-order valence-electron chi connectivity index (χ2n) is 5.99. The topological polar surface area (TPSA) is 93.1 Å². The molecule has 0 radical (unpaired) electrons. The van der Waals surface area contributed by atoms with Gasteiger partial charge in [0, 0.05) is 23.6 Å². The minimum absolute atomic E-state index is 0.0608. The Kier molecular flexibility index (Phi) is 5.44. The molecule has 2 aromatic carbocycles. The molecule has 0 fully saturated rings. The molecule has 3 rings (SSSR count). The lowest BCUT2D eigenvalue weighted by Gasteiger charge is -2.11. The molecular weight excluding hydrogens is 370 g/mol. The van der Waals surface area contributed by atoms with Gasteiger partial charge in [0.15, 0.2) is 5.69 Å². The highest BCUT2D eigenvalue weighted by Gasteiger charge is 2.17. The summed E-state index contributed by atoms with van der Waals surface area (Å²) in [6.07, 6.45) is 0.633. The minimum atomic E-state index is -0.921. The highest BCUT2D eigenvalue weighted by Crippen LogP contribution is 2.13. The van der Waals surface area contributed by atoms with Crippen LogP contribution in [-0.2, 0) is 6.54 Å². The summed E-state index contributed by atoms with van der Waals surface area (Å²) >= 11 is 0. The Morgan fingerprint density at radius 1 is 1.00 bits per heavy atom. The normalized spacial score (nSPS) is 10.7. The lowest BCUT2D eigenvalue weighted by molar-refractivity contribution is 0.0843. The predicted molar refractivity (Wildman–Crippen MR) is 97.6 cm³/mol. The lowest BCUT2D eigenvalue weighted by Crippen LogP contribution is -2.42. The first-order valence-corrected chi connectivity index (χ1v) is 8.47. The van der Waals surface area contributed by atoms with Crippen LogP contribution in [0, 0.1) is 11.6 Å². The Morgan fingerprint density at radius 2 is 1.61 bits per heavy atom. The zero-order chi connectivity index (χ0) is 20.3. The van der Waals surface area contributed by atoms with Crippen LogP contribution in [0.25, 0.3) is 10.8 Å². The molecule has 0 bridgehead atoms. The molecule has 0 saturated heterocycles. The zero-order valence-corrected chi connectivity index (χ0v) is 14.8. The van der Waals surface area contributed by atoms with E-state index in [0.29, 0.717) is 29.8 Å². The van der Waals surface area contributed by atoms with E-state index >= 15 is 0 Å². The van der Waals surface area contributed by atoms with Gasteiger partial charge in [0.25, 0.3) is 17.4 Å². The summed E-state index contributed by atoms with van der Waals surface area (Å²) in [5.74, 6) is -3.52. The van der Waals surface area contributed by atoms with Crippen LogP contribution >= 0.6 is 0 Å². The molecule has 7 nitrogen and oxygen atoms in total. The van der Waals surface area contributed by atoms with Crippen LogP contribution in [0.4, 0.5) is 8.78 Å². The van der Waals surface area contributed by atoms with Gasteiger partial charge in [-0.05, 0) is 24.6 Å². The van der Waals surface area contributed by atoms with Gasteiger partial charge in [0.05, 0.1) is 5.39 Å². The summed E-state index contributed by atoms with van der Waals surface area (Å²) in [4.78, 5) is 37.0. The van der Waals surface area contributed by atoms with Crippen molar-refractivity contribution in [3.63, 3.8) is 0 Å². The molecule has 0 aliphatic carbocycles. The summed E-state index contributed by atoms with van der Waals surface area (Å²) in [5.41, 5.74) is 3.55. The number of hydrogen-bond donors (Lipinski definition) is 2. The number of amides is 2. The van der Waals surface area contributed by atoms with Crippen molar-refractivity contribution in [2.24, 2.45) is 0 Å². The summed E-state index contributed by atoms with van der Waals surface area (Å²) in [5, 5.41) is 4.73. The molecule has 3 aromatic rings. The number of nitrogens with one attached hydrogen (secondary N) is 2. The molecule has 0 atom stereocenters. The third-order valence-electron chi connectivity index (χ3n) is 3.93. The van der Waals surface area contributed by atoms with Gasteiger partial charge in [-0.1, -0.05) is 25.1 Å². The van der Waals surface area contributed by atoms with Crippen molar-refractivity contribution in [1.82, 2.24) is 20.6 Å². The molecule has 0 unspecified atom stereocenters. The highest BCUT2D eigenvalue weighted by molar-refractivity contribution is 6.06. The van der Waals surface area contributed by atoms with Crippen molar-refractivity contribution in [2.75, 3.05) is 0 Å². The highest BCUT2D eigenvalue weighted by atomic mass is 19.1. The van der Waals surface area contributed by atoms with Crippen LogP contribution in [-0.4, -0.2) is 21.6 Å². The van der Waals surface area contributed by atoms with Crippen molar-refractivity contribution < 1.29 is 18.4 Å². The second-order valence-corrected chi connectivity index (χ2v) is 5.99. The zero-order valence-electron chi connectivity index (χ0n) is 14.8. The predicted octanol–water partition coefficient (Wildman–Crippen LogP) is 2.16. The van der Waals surface area contributed by atoms with Gasteiger partial charge < -0.3 is 0 Å². The summed E-state index contributed by atoms with van der Waals surface area (Å²) in [7, 11) is 0. The number of aromatic nitrogens is 2. The van der Waals surface area contributed by atoms with E-state index in [-0.39, 0.29) is 16.8 Å². The van der Waals surface area contributed by atoms with Gasteiger partial charge in [-0.3, -0.25) is 25.2 Å². The fourth-order valence-corrected chi connectivity index (χ4v) is 2.70. The molecule has 2 amide bonds. The quantitative estimate of drug-likeness (QED) is 0.672. The number of hydrazine groups is 1. The molecule has 0 saturated carbocycles. The first-order valence-electron chi connectivity index (χ1n) is 8.47. The second kappa shape index (κ2) is 7.95. The van der Waals surface area contributed by atoms with Crippen molar-refractivity contribution >= 4 is 22.6 Å². The van der Waals surface area contributed by atoms with Gasteiger partial charge in [0.1, 0.15) is 11.6 Å². The molecular formula is C19H16F2N4O3. The number of rotatable bonds is 4. The van der Waals surface area contributed by atoms with E-state index in [4.69, 9.17) is 0 Å². The molecule has 9 heteroatoms. The monoisotopic (exact) mass is 386 g/mol. The fraction of sp³-hybridized carbons (Fsp3) is 0.158. The van der Waals surface area contributed by atoms with E-state index in [1.54, 1.807) is 24.3 Å². The number of halogens is 2. The van der Waals surface area contributed by atoms with E-state index in [2.05, 4.69) is 16.0 Å². The Bertz CT molecular complexity index is 1110. The Balaban J connectivity index is 1.88. The maximum atomic E-state index is 13.2. The lowest BCUT2D eigenvalue weighted by atomic mass is 10.1. The number of benzene rings is 2. The number of carbonyl (C=O) groups excluding carboxylic acids is 2. The average Bonchev–Trinajstić information content (AvgIpc) is 2.67. The Morgan fingerprint density at radius 3 is 2.25 bits per heavy atom. The Hall–Kier alpha value is -3.62. The fourth-order valence-electron chi connectivity index (χ4n) is 2.70. The molecule has 2 N–H and O–H groups in total. The Labute approximate surface area is 157 Å². The number of carbonyl (C=O) groups is 2. The average molecular weight is 386 g/mol. The smallest absolute Gasteiger partial charge is 0.267 e. The maximum absolute atomic E-state index is 13.2. The van der Waals surface area contributed by atoms with E-state index in [9.17, 15) is 23.2 Å². The van der Waals surface area contributed by atoms with E-state index in [0.717, 1.165) is 12.1 Å². The molecule has 0 aliphatic heterocycles. The molecule has 0 spiro atoms. The van der Waals surface area contributed by atoms with Crippen LogP contribution in [0.15, 0.2) is 47.3 Å². The summed E-state index contributed by atoms with van der Waals surface area (Å²) in [6.45, 7) is 2.18. The van der Waals surface area contributed by atoms with E-state index in [1.807, 2.05) is 6.92 Å². The van der Waals surface area contributed by atoms with Gasteiger partial charge in [-0.2, -0.15) is 5.10 Å². The third kappa shape index (κ3) is 3.88. The van der Waals surface area contributed by atoms with Crippen molar-refractivity contribution in [1.29, 1.82) is 0 Å². The SMILES string of the molecule is CCCn1nc(C(=O)NNC(=O)c2cc(F)cc(F)c2)c2ccccc2c1=O. The first-order chi connectivity index (χ1) is 13.4. The van der Waals surface area contributed by atoms with Crippen LogP contribution in [0.5, 0.6) is 0 Å². The molecule has 144 valence electrons. The van der Waals surface area contributed by atoms with Crippen LogP contribution < -0.4 is 16.4 Å². The van der Waals surface area contributed by atoms with E-state index < -0.39 is 23.4 Å². The third-order valence-corrected chi connectivity index (χ3v) is 3.93. The van der Waals surface area contributed by atoms with Crippen LogP contribution in [0.1, 0.15) is 34.2 Å². The molecule has 1 heterocycles.